The minimum Gasteiger partial charge on any atom is -0.338 e. The second kappa shape index (κ2) is 7.31. The molecule has 0 unspecified atom stereocenters. The molecule has 2 aromatic heterocycles. The maximum absolute atomic E-state index is 14.3. The van der Waals surface area contributed by atoms with Crippen LogP contribution in [0.1, 0.15) is 22.4 Å². The van der Waals surface area contributed by atoms with Crippen molar-refractivity contribution in [2.24, 2.45) is 0 Å². The van der Waals surface area contributed by atoms with Gasteiger partial charge in [-0.25, -0.2) is 9.67 Å². The van der Waals surface area contributed by atoms with E-state index in [1.54, 1.807) is 54.5 Å². The number of nitrogens with zero attached hydrogens (tertiary/aromatic N) is 4. The molecular formula is C24H18F3N5O2. The van der Waals surface area contributed by atoms with Crippen LogP contribution in [0, 0.1) is 6.92 Å². The van der Waals surface area contributed by atoms with Gasteiger partial charge in [0.05, 0.1) is 40.4 Å². The Bertz CT molecular complexity index is 1400. The number of halogens is 3. The predicted octanol–water partition coefficient (Wildman–Crippen LogP) is 5.43. The van der Waals surface area contributed by atoms with E-state index in [2.05, 4.69) is 15.4 Å². The fourth-order valence-electron chi connectivity index (χ4n) is 4.25. The van der Waals surface area contributed by atoms with Gasteiger partial charge in [0.1, 0.15) is 5.82 Å². The molecule has 0 amide bonds. The normalized spacial score (nSPS) is 16.3. The summed E-state index contributed by atoms with van der Waals surface area (Å²) in [7, 11) is 0. The van der Waals surface area contributed by atoms with Gasteiger partial charge >= 0.3 is 12.1 Å². The van der Waals surface area contributed by atoms with Gasteiger partial charge in [0.15, 0.2) is 0 Å². The summed E-state index contributed by atoms with van der Waals surface area (Å²) in [6, 6.07) is 16.6. The van der Waals surface area contributed by atoms with Crippen LogP contribution in [0.3, 0.4) is 0 Å². The molecule has 2 aliphatic heterocycles. The predicted molar refractivity (Wildman–Crippen MR) is 117 cm³/mol. The highest BCUT2D eigenvalue weighted by Gasteiger charge is 2.60. The lowest BCUT2D eigenvalue weighted by molar-refractivity contribution is -0.139. The molecule has 4 aromatic rings. The summed E-state index contributed by atoms with van der Waals surface area (Å²) in [4.78, 5) is 16.8. The first kappa shape index (κ1) is 20.7. The molecule has 1 fully saturated rings. The van der Waals surface area contributed by atoms with Crippen LogP contribution in [0.25, 0.3) is 5.69 Å². The Hall–Kier alpha value is -3.89. The number of aryl methyl sites for hydroxylation is 1. The zero-order valence-electron chi connectivity index (χ0n) is 17.9. The van der Waals surface area contributed by atoms with Gasteiger partial charge in [-0.05, 0) is 49.4 Å². The molecule has 0 aliphatic carbocycles. The van der Waals surface area contributed by atoms with Crippen LogP contribution in [0.5, 0.6) is 0 Å². The molecule has 2 aliphatic rings. The fraction of sp³-hybridized carbons (Fsp3) is 0.167. The zero-order chi connectivity index (χ0) is 23.5. The first-order chi connectivity index (χ1) is 16.3. The molecule has 0 spiro atoms. The second-order valence-corrected chi connectivity index (χ2v) is 8.12. The number of alkyl halides is 3. The summed E-state index contributed by atoms with van der Waals surface area (Å²) in [5.41, 5.74) is 2.06. The highest BCUT2D eigenvalue weighted by Crippen LogP contribution is 2.53. The van der Waals surface area contributed by atoms with Crippen molar-refractivity contribution < 1.29 is 22.9 Å². The molecule has 1 saturated heterocycles. The Morgan fingerprint density at radius 1 is 1.03 bits per heavy atom. The van der Waals surface area contributed by atoms with E-state index in [-0.39, 0.29) is 17.8 Å². The maximum Gasteiger partial charge on any atom is 0.417 e. The molecule has 172 valence electrons. The molecule has 0 radical (unpaired) electrons. The number of pyridine rings is 1. The first-order valence-corrected chi connectivity index (χ1v) is 10.5. The van der Waals surface area contributed by atoms with Gasteiger partial charge in [-0.2, -0.15) is 28.0 Å². The summed E-state index contributed by atoms with van der Waals surface area (Å²) in [6.45, 7) is 1.98. The van der Waals surface area contributed by atoms with E-state index in [1.165, 1.54) is 10.7 Å². The number of rotatable bonds is 3. The van der Waals surface area contributed by atoms with Crippen molar-refractivity contribution in [3.8, 4) is 5.69 Å². The quantitative estimate of drug-likeness (QED) is 0.321. The first-order valence-electron chi connectivity index (χ1n) is 10.5. The third-order valence-corrected chi connectivity index (χ3v) is 5.90. The third kappa shape index (κ3) is 3.30. The van der Waals surface area contributed by atoms with Gasteiger partial charge in [0.2, 0.25) is 0 Å². The van der Waals surface area contributed by atoms with E-state index < -0.39 is 17.7 Å². The average molecular weight is 465 g/mol. The molecular weight excluding hydrogens is 447 g/mol. The minimum atomic E-state index is -4.65. The van der Waals surface area contributed by atoms with Crippen molar-refractivity contribution >= 4 is 17.2 Å². The van der Waals surface area contributed by atoms with E-state index in [1.807, 2.05) is 18.2 Å². The lowest BCUT2D eigenvalue weighted by Gasteiger charge is -2.29. The van der Waals surface area contributed by atoms with Crippen molar-refractivity contribution in [2.75, 3.05) is 10.2 Å². The van der Waals surface area contributed by atoms with Crippen LogP contribution in [-0.2, 0) is 28.4 Å². The van der Waals surface area contributed by atoms with Gasteiger partial charge in [0, 0.05) is 18.0 Å². The summed E-state index contributed by atoms with van der Waals surface area (Å²) < 4.78 is 44.3. The van der Waals surface area contributed by atoms with Crippen molar-refractivity contribution in [2.45, 2.75) is 25.6 Å². The highest BCUT2D eigenvalue weighted by atomic mass is 19.4. The summed E-state index contributed by atoms with van der Waals surface area (Å²) >= 11 is 0. The Kier molecular flexibility index (Phi) is 4.45. The van der Waals surface area contributed by atoms with E-state index in [0.29, 0.717) is 22.9 Å². The number of aromatic nitrogens is 3. The van der Waals surface area contributed by atoms with E-state index in [9.17, 15) is 13.2 Å². The van der Waals surface area contributed by atoms with Crippen LogP contribution in [0.15, 0.2) is 73.1 Å². The number of nitrogens with one attached hydrogen (secondary N) is 1. The van der Waals surface area contributed by atoms with Crippen LogP contribution in [-0.4, -0.2) is 14.8 Å². The number of anilines is 3. The molecule has 1 N–H and O–H groups in total. The van der Waals surface area contributed by atoms with Crippen LogP contribution in [0.2, 0.25) is 0 Å². The summed E-state index contributed by atoms with van der Waals surface area (Å²) in [5, 5.41) is 7.49. The molecule has 0 saturated carbocycles. The van der Waals surface area contributed by atoms with Gasteiger partial charge in [-0.3, -0.25) is 0 Å². The molecule has 10 heteroatoms. The van der Waals surface area contributed by atoms with E-state index in [0.717, 1.165) is 11.6 Å². The Morgan fingerprint density at radius 2 is 1.85 bits per heavy atom. The summed E-state index contributed by atoms with van der Waals surface area (Å²) in [6.07, 6.45) is -1.38. The second-order valence-electron chi connectivity index (χ2n) is 8.12. The maximum atomic E-state index is 14.3. The number of hydrogen-bond acceptors (Lipinski definition) is 6. The molecule has 2 aromatic carbocycles. The third-order valence-electron chi connectivity index (χ3n) is 5.90. The standard InChI is InChI=1S/C24H18F3N5O2/c1-15-10-12-32(30-15)17-8-9-18(19(13-17)23(25,26)27)24(33-34-24)31-14-16-5-4-11-28-22(16)29-20-6-2-3-7-21(20)31/h2-13H,14H2,1H3,(H,28,29). The Labute approximate surface area is 192 Å². The Balaban J connectivity index is 1.51. The van der Waals surface area contributed by atoms with Crippen LogP contribution >= 0.6 is 0 Å². The van der Waals surface area contributed by atoms with E-state index in [4.69, 9.17) is 9.78 Å². The monoisotopic (exact) mass is 465 g/mol. The summed E-state index contributed by atoms with van der Waals surface area (Å²) in [5.74, 6) is -1.13. The molecule has 7 nitrogen and oxygen atoms in total. The lowest BCUT2D eigenvalue weighted by Crippen LogP contribution is -2.37. The largest absolute Gasteiger partial charge is 0.417 e. The Morgan fingerprint density at radius 3 is 2.59 bits per heavy atom. The van der Waals surface area contributed by atoms with Crippen LogP contribution in [0.4, 0.5) is 30.4 Å². The SMILES string of the molecule is Cc1ccn(-c2ccc(C3(N4Cc5cccnc5Nc5ccccc54)OO3)c(C(F)(F)F)c2)n1. The molecule has 0 bridgehead atoms. The van der Waals surface area contributed by atoms with Crippen molar-refractivity contribution in [3.05, 3.63) is 95.4 Å². The number of benzene rings is 2. The number of hydrogen-bond donors (Lipinski definition) is 1. The molecule has 0 atom stereocenters. The minimum absolute atomic E-state index is 0.144. The van der Waals surface area contributed by atoms with Gasteiger partial charge in [-0.15, -0.1) is 0 Å². The fourth-order valence-corrected chi connectivity index (χ4v) is 4.25. The number of para-hydroxylation sites is 2. The smallest absolute Gasteiger partial charge is 0.338 e. The lowest BCUT2D eigenvalue weighted by atomic mass is 10.0. The average Bonchev–Trinajstić information content (AvgIpc) is 3.54. The van der Waals surface area contributed by atoms with Crippen molar-refractivity contribution in [1.29, 1.82) is 0 Å². The van der Waals surface area contributed by atoms with Gasteiger partial charge in [-0.1, -0.05) is 18.2 Å². The topological polar surface area (TPSA) is 71.0 Å². The number of fused-ring (bicyclic) bond motifs is 2. The molecule has 34 heavy (non-hydrogen) atoms. The zero-order valence-corrected chi connectivity index (χ0v) is 17.9. The van der Waals surface area contributed by atoms with Crippen molar-refractivity contribution in [3.63, 3.8) is 0 Å². The van der Waals surface area contributed by atoms with Gasteiger partial charge < -0.3 is 10.2 Å². The van der Waals surface area contributed by atoms with E-state index >= 15 is 0 Å². The van der Waals surface area contributed by atoms with Gasteiger partial charge in [0.25, 0.3) is 0 Å². The molecule has 6 rings (SSSR count). The molecule has 4 heterocycles. The van der Waals surface area contributed by atoms with Crippen molar-refractivity contribution in [1.82, 2.24) is 14.8 Å². The van der Waals surface area contributed by atoms with Crippen LogP contribution < -0.4 is 10.2 Å². The highest BCUT2D eigenvalue weighted by molar-refractivity contribution is 5.78.